The molecule has 0 spiro atoms. The van der Waals surface area contributed by atoms with E-state index in [2.05, 4.69) is 17.7 Å². The zero-order valence-electron chi connectivity index (χ0n) is 8.50. The van der Waals surface area contributed by atoms with Crippen molar-refractivity contribution in [3.63, 3.8) is 0 Å². The first-order chi connectivity index (χ1) is 6.27. The zero-order chi connectivity index (χ0) is 9.68. The van der Waals surface area contributed by atoms with E-state index in [1.807, 2.05) is 0 Å². The van der Waals surface area contributed by atoms with Crippen LogP contribution in [0.25, 0.3) is 0 Å². The van der Waals surface area contributed by atoms with Gasteiger partial charge in [-0.3, -0.25) is 0 Å². The van der Waals surface area contributed by atoms with Crippen LogP contribution < -0.4 is 5.73 Å². The quantitative estimate of drug-likeness (QED) is 0.655. The predicted octanol–water partition coefficient (Wildman–Crippen LogP) is 0.926. The maximum Gasteiger partial charge on any atom is 0.0214 e. The van der Waals surface area contributed by atoms with Gasteiger partial charge >= 0.3 is 0 Å². The van der Waals surface area contributed by atoms with Crippen molar-refractivity contribution in [1.29, 1.82) is 0 Å². The van der Waals surface area contributed by atoms with Crippen molar-refractivity contribution in [1.82, 2.24) is 4.90 Å². The molecular weight excluding hydrogens is 160 g/mol. The largest absolute Gasteiger partial charge is 0.330 e. The van der Waals surface area contributed by atoms with E-state index in [-0.39, 0.29) is 0 Å². The van der Waals surface area contributed by atoms with Gasteiger partial charge in [0, 0.05) is 19.5 Å². The first-order valence-corrected chi connectivity index (χ1v) is 5.13. The van der Waals surface area contributed by atoms with Crippen LogP contribution in [-0.2, 0) is 0 Å². The number of rotatable bonds is 3. The highest BCUT2D eigenvalue weighted by molar-refractivity contribution is 4.86. The number of terminal acetylenes is 1. The van der Waals surface area contributed by atoms with Gasteiger partial charge in [0.25, 0.3) is 0 Å². The summed E-state index contributed by atoms with van der Waals surface area (Å²) in [6.07, 6.45) is 7.38. The number of nitrogens with two attached hydrogens (primary N) is 1. The Hall–Kier alpha value is -0.520. The van der Waals surface area contributed by atoms with E-state index in [1.165, 1.54) is 13.0 Å². The molecule has 2 nitrogen and oxygen atoms in total. The summed E-state index contributed by atoms with van der Waals surface area (Å²) in [7, 11) is 0. The average Bonchev–Trinajstić information content (AvgIpc) is 2.16. The molecule has 1 heterocycles. The second kappa shape index (κ2) is 5.26. The number of piperidine rings is 1. The standard InChI is InChI=1S/C11H20N2/c1-3-4-6-13-7-5-10(2)11(8-12)9-13/h1,10-11H,4-9,12H2,2H3. The summed E-state index contributed by atoms with van der Waals surface area (Å²) in [4.78, 5) is 2.44. The molecule has 13 heavy (non-hydrogen) atoms. The zero-order valence-corrected chi connectivity index (χ0v) is 8.50. The summed E-state index contributed by atoms with van der Waals surface area (Å²) >= 11 is 0. The second-order valence-electron chi connectivity index (χ2n) is 4.02. The normalized spacial score (nSPS) is 29.9. The summed E-state index contributed by atoms with van der Waals surface area (Å²) in [5, 5.41) is 0. The van der Waals surface area contributed by atoms with E-state index >= 15 is 0 Å². The Morgan fingerprint density at radius 2 is 2.38 bits per heavy atom. The van der Waals surface area contributed by atoms with Gasteiger partial charge in [-0.15, -0.1) is 12.3 Å². The van der Waals surface area contributed by atoms with E-state index in [0.717, 1.165) is 32.0 Å². The lowest BCUT2D eigenvalue weighted by Crippen LogP contribution is -2.42. The van der Waals surface area contributed by atoms with E-state index in [4.69, 9.17) is 12.2 Å². The van der Waals surface area contributed by atoms with Gasteiger partial charge in [-0.2, -0.15) is 0 Å². The topological polar surface area (TPSA) is 29.3 Å². The molecule has 0 aromatic rings. The molecule has 74 valence electrons. The third-order valence-corrected chi connectivity index (χ3v) is 3.07. The van der Waals surface area contributed by atoms with Gasteiger partial charge in [0.05, 0.1) is 0 Å². The maximum absolute atomic E-state index is 5.72. The summed E-state index contributed by atoms with van der Waals surface area (Å²) in [5.41, 5.74) is 5.72. The molecule has 2 unspecified atom stereocenters. The average molecular weight is 180 g/mol. The molecule has 0 radical (unpaired) electrons. The fraction of sp³-hybridized carbons (Fsp3) is 0.818. The predicted molar refractivity (Wildman–Crippen MR) is 56.2 cm³/mol. The Kier molecular flexibility index (Phi) is 4.27. The van der Waals surface area contributed by atoms with Crippen molar-refractivity contribution in [3.8, 4) is 12.3 Å². The fourth-order valence-corrected chi connectivity index (χ4v) is 1.96. The molecular formula is C11H20N2. The molecule has 0 saturated carbocycles. The summed E-state index contributed by atoms with van der Waals surface area (Å²) < 4.78 is 0. The van der Waals surface area contributed by atoms with Crippen molar-refractivity contribution in [2.45, 2.75) is 19.8 Å². The highest BCUT2D eigenvalue weighted by Crippen LogP contribution is 2.21. The van der Waals surface area contributed by atoms with Gasteiger partial charge < -0.3 is 10.6 Å². The molecule has 0 aliphatic carbocycles. The van der Waals surface area contributed by atoms with E-state index in [9.17, 15) is 0 Å². The minimum absolute atomic E-state index is 0.673. The lowest BCUT2D eigenvalue weighted by atomic mass is 9.87. The minimum Gasteiger partial charge on any atom is -0.330 e. The Balaban J connectivity index is 2.32. The Labute approximate surface area is 81.5 Å². The molecule has 1 saturated heterocycles. The van der Waals surface area contributed by atoms with E-state index < -0.39 is 0 Å². The summed E-state index contributed by atoms with van der Waals surface area (Å²) in [5.74, 6) is 4.14. The fourth-order valence-electron chi connectivity index (χ4n) is 1.96. The van der Waals surface area contributed by atoms with Crippen LogP contribution in [0.15, 0.2) is 0 Å². The van der Waals surface area contributed by atoms with Crippen LogP contribution in [0.1, 0.15) is 19.8 Å². The maximum atomic E-state index is 5.72. The van der Waals surface area contributed by atoms with Gasteiger partial charge in [-0.05, 0) is 31.3 Å². The summed E-state index contributed by atoms with van der Waals surface area (Å²) in [6, 6.07) is 0. The van der Waals surface area contributed by atoms with Crippen molar-refractivity contribution < 1.29 is 0 Å². The first-order valence-electron chi connectivity index (χ1n) is 5.13. The third kappa shape index (κ3) is 3.02. The van der Waals surface area contributed by atoms with Gasteiger partial charge in [-0.1, -0.05) is 6.92 Å². The molecule has 0 aromatic carbocycles. The van der Waals surface area contributed by atoms with Crippen LogP contribution >= 0.6 is 0 Å². The number of nitrogens with zero attached hydrogens (tertiary/aromatic N) is 1. The monoisotopic (exact) mass is 180 g/mol. The van der Waals surface area contributed by atoms with Gasteiger partial charge in [0.15, 0.2) is 0 Å². The van der Waals surface area contributed by atoms with Gasteiger partial charge in [0.2, 0.25) is 0 Å². The lowest BCUT2D eigenvalue weighted by molar-refractivity contribution is 0.135. The molecule has 2 N–H and O–H groups in total. The number of likely N-dealkylation sites (tertiary alicyclic amines) is 1. The smallest absolute Gasteiger partial charge is 0.0214 e. The third-order valence-electron chi connectivity index (χ3n) is 3.07. The lowest BCUT2D eigenvalue weighted by Gasteiger charge is -2.36. The van der Waals surface area contributed by atoms with Crippen LogP contribution in [0.3, 0.4) is 0 Å². The molecule has 1 aliphatic rings. The van der Waals surface area contributed by atoms with Crippen molar-refractivity contribution >= 4 is 0 Å². The summed E-state index contributed by atoms with van der Waals surface area (Å²) in [6.45, 7) is 6.49. The molecule has 0 bridgehead atoms. The molecule has 2 atom stereocenters. The molecule has 1 rings (SSSR count). The minimum atomic E-state index is 0.673. The van der Waals surface area contributed by atoms with Crippen LogP contribution in [0.4, 0.5) is 0 Å². The Morgan fingerprint density at radius 1 is 1.62 bits per heavy atom. The first kappa shape index (κ1) is 10.6. The molecule has 1 fully saturated rings. The van der Waals surface area contributed by atoms with Crippen molar-refractivity contribution in [2.24, 2.45) is 17.6 Å². The van der Waals surface area contributed by atoms with E-state index in [0.29, 0.717) is 5.92 Å². The van der Waals surface area contributed by atoms with Crippen LogP contribution in [0.5, 0.6) is 0 Å². The Morgan fingerprint density at radius 3 is 3.00 bits per heavy atom. The van der Waals surface area contributed by atoms with E-state index in [1.54, 1.807) is 0 Å². The number of hydrogen-bond donors (Lipinski definition) is 1. The molecule has 0 amide bonds. The van der Waals surface area contributed by atoms with Crippen LogP contribution in [0, 0.1) is 24.2 Å². The van der Waals surface area contributed by atoms with Gasteiger partial charge in [0.1, 0.15) is 0 Å². The molecule has 2 heteroatoms. The highest BCUT2D eigenvalue weighted by atomic mass is 15.1. The van der Waals surface area contributed by atoms with Crippen molar-refractivity contribution in [3.05, 3.63) is 0 Å². The van der Waals surface area contributed by atoms with Crippen LogP contribution in [-0.4, -0.2) is 31.1 Å². The number of hydrogen-bond acceptors (Lipinski definition) is 2. The molecule has 0 aromatic heterocycles. The highest BCUT2D eigenvalue weighted by Gasteiger charge is 2.24. The molecule has 1 aliphatic heterocycles. The SMILES string of the molecule is C#CCCN1CCC(C)C(CN)C1. The Bertz CT molecular complexity index is 183. The van der Waals surface area contributed by atoms with Gasteiger partial charge in [-0.25, -0.2) is 0 Å². The van der Waals surface area contributed by atoms with Crippen molar-refractivity contribution in [2.75, 3.05) is 26.2 Å². The second-order valence-corrected chi connectivity index (χ2v) is 4.02. The van der Waals surface area contributed by atoms with Crippen LogP contribution in [0.2, 0.25) is 0 Å².